The number of fused-ring (bicyclic) bond motifs is 1. The molecule has 0 spiro atoms. The minimum atomic E-state index is -3.54. The highest BCUT2D eigenvalue weighted by atomic mass is 35.5. The second-order valence-electron chi connectivity index (χ2n) is 8.11. The average molecular weight is 464 g/mol. The number of amides is 1. The largest absolute Gasteiger partial charge is 0.476 e. The Morgan fingerprint density at radius 3 is 2.42 bits per heavy atom. The first-order valence-electron chi connectivity index (χ1n) is 10.2. The Hall–Kier alpha value is -2.45. The lowest BCUT2D eigenvalue weighted by atomic mass is 10.1. The molecule has 2 heterocycles. The Morgan fingerprint density at radius 1 is 1.03 bits per heavy atom. The zero-order valence-corrected chi connectivity index (χ0v) is 19.4. The molecule has 1 saturated heterocycles. The van der Waals surface area contributed by atoms with Crippen LogP contribution >= 0.6 is 11.6 Å². The van der Waals surface area contributed by atoms with Crippen LogP contribution in [0.4, 0.5) is 11.4 Å². The maximum Gasteiger partial charge on any atom is 0.265 e. The average Bonchev–Trinajstić information content (AvgIpc) is 2.73. The van der Waals surface area contributed by atoms with Crippen molar-refractivity contribution >= 4 is 38.9 Å². The van der Waals surface area contributed by atoms with Crippen molar-refractivity contribution in [3.8, 4) is 5.75 Å². The van der Waals surface area contributed by atoms with E-state index < -0.39 is 16.1 Å². The third kappa shape index (κ3) is 4.45. The van der Waals surface area contributed by atoms with Crippen molar-refractivity contribution in [1.29, 1.82) is 0 Å². The summed E-state index contributed by atoms with van der Waals surface area (Å²) in [5.41, 5.74) is 3.61. The maximum atomic E-state index is 13.2. The molecule has 1 fully saturated rings. The van der Waals surface area contributed by atoms with Crippen LogP contribution in [0, 0.1) is 13.8 Å². The fraction of sp³-hybridized carbons (Fsp3) is 0.409. The molecule has 2 aliphatic heterocycles. The summed E-state index contributed by atoms with van der Waals surface area (Å²) in [6.45, 7) is 6.31. The van der Waals surface area contributed by atoms with Crippen molar-refractivity contribution in [2.75, 3.05) is 48.2 Å². The molecule has 1 atom stereocenters. The van der Waals surface area contributed by atoms with Crippen LogP contribution in [0.5, 0.6) is 5.75 Å². The first-order chi connectivity index (χ1) is 14.6. The van der Waals surface area contributed by atoms with Gasteiger partial charge >= 0.3 is 0 Å². The Balaban J connectivity index is 1.49. The standard InChI is InChI=1S/C22H26ClN3O4S/c1-15-4-7-20-19(12-15)26(31(3,28)29)14-21(30-20)22(27)25-10-8-24(9-11-25)18-13-17(23)6-5-16(18)2/h4-7,12-13,21H,8-11,14H2,1-3H3. The molecule has 7 nitrogen and oxygen atoms in total. The molecule has 2 aliphatic rings. The number of nitrogens with zero attached hydrogens (tertiary/aromatic N) is 3. The summed E-state index contributed by atoms with van der Waals surface area (Å²) in [7, 11) is -3.54. The van der Waals surface area contributed by atoms with E-state index in [2.05, 4.69) is 4.90 Å². The van der Waals surface area contributed by atoms with Gasteiger partial charge in [0.1, 0.15) is 5.75 Å². The fourth-order valence-corrected chi connectivity index (χ4v) is 5.17. The van der Waals surface area contributed by atoms with Crippen molar-refractivity contribution in [3.63, 3.8) is 0 Å². The predicted molar refractivity (Wildman–Crippen MR) is 123 cm³/mol. The van der Waals surface area contributed by atoms with Crippen molar-refractivity contribution in [3.05, 3.63) is 52.5 Å². The van der Waals surface area contributed by atoms with Gasteiger partial charge in [0.15, 0.2) is 6.10 Å². The number of aryl methyl sites for hydroxylation is 2. The van der Waals surface area contributed by atoms with Gasteiger partial charge < -0.3 is 14.5 Å². The van der Waals surface area contributed by atoms with Crippen LogP contribution in [-0.2, 0) is 14.8 Å². The molecular formula is C22H26ClN3O4S. The number of rotatable bonds is 3. The molecule has 2 aromatic rings. The van der Waals surface area contributed by atoms with Gasteiger partial charge in [-0.3, -0.25) is 9.10 Å². The van der Waals surface area contributed by atoms with Gasteiger partial charge in [-0.15, -0.1) is 0 Å². The first-order valence-corrected chi connectivity index (χ1v) is 12.4. The van der Waals surface area contributed by atoms with Crippen LogP contribution in [0.1, 0.15) is 11.1 Å². The van der Waals surface area contributed by atoms with Gasteiger partial charge in [0, 0.05) is 36.9 Å². The van der Waals surface area contributed by atoms with Crippen LogP contribution in [0.15, 0.2) is 36.4 Å². The predicted octanol–water partition coefficient (Wildman–Crippen LogP) is 2.83. The van der Waals surface area contributed by atoms with E-state index in [-0.39, 0.29) is 12.5 Å². The maximum absolute atomic E-state index is 13.2. The number of carbonyl (C=O) groups excluding carboxylic acids is 1. The molecule has 166 valence electrons. The normalized spacial score (nSPS) is 19.1. The summed E-state index contributed by atoms with van der Waals surface area (Å²) in [6.07, 6.45) is 0.280. The van der Waals surface area contributed by atoms with Gasteiger partial charge in [0.05, 0.1) is 18.5 Å². The lowest BCUT2D eigenvalue weighted by molar-refractivity contribution is -0.138. The Morgan fingerprint density at radius 2 is 1.74 bits per heavy atom. The number of hydrogen-bond donors (Lipinski definition) is 0. The number of ether oxygens (including phenoxy) is 1. The van der Waals surface area contributed by atoms with E-state index >= 15 is 0 Å². The molecule has 0 N–H and O–H groups in total. The minimum absolute atomic E-state index is 0.0261. The highest BCUT2D eigenvalue weighted by Gasteiger charge is 2.37. The lowest BCUT2D eigenvalue weighted by Gasteiger charge is -2.40. The topological polar surface area (TPSA) is 70.2 Å². The summed E-state index contributed by atoms with van der Waals surface area (Å²) in [4.78, 5) is 17.2. The Labute approximate surface area is 188 Å². The molecule has 1 unspecified atom stereocenters. The number of halogens is 1. The summed E-state index contributed by atoms with van der Waals surface area (Å²) >= 11 is 6.16. The van der Waals surface area contributed by atoms with Crippen molar-refractivity contribution in [2.24, 2.45) is 0 Å². The fourth-order valence-electron chi connectivity index (χ4n) is 4.10. The van der Waals surface area contributed by atoms with Gasteiger partial charge in [-0.1, -0.05) is 23.7 Å². The number of piperazine rings is 1. The van der Waals surface area contributed by atoms with Crippen molar-refractivity contribution < 1.29 is 17.9 Å². The molecule has 9 heteroatoms. The molecule has 0 saturated carbocycles. The number of sulfonamides is 1. The van der Waals surface area contributed by atoms with E-state index in [1.54, 1.807) is 17.0 Å². The van der Waals surface area contributed by atoms with E-state index in [4.69, 9.17) is 16.3 Å². The minimum Gasteiger partial charge on any atom is -0.476 e. The molecule has 0 radical (unpaired) electrons. The second kappa shape index (κ2) is 8.24. The molecule has 1 amide bonds. The van der Waals surface area contributed by atoms with E-state index in [1.807, 2.05) is 38.1 Å². The molecule has 2 aromatic carbocycles. The molecule has 0 bridgehead atoms. The van der Waals surface area contributed by atoms with Crippen LogP contribution in [0.2, 0.25) is 5.02 Å². The summed E-state index contributed by atoms with van der Waals surface area (Å²) < 4.78 is 32.0. The highest BCUT2D eigenvalue weighted by Crippen LogP contribution is 2.36. The van der Waals surface area contributed by atoms with Crippen molar-refractivity contribution in [1.82, 2.24) is 4.90 Å². The summed E-state index contributed by atoms with van der Waals surface area (Å²) in [5.74, 6) is 0.219. The van der Waals surface area contributed by atoms with Gasteiger partial charge in [0.25, 0.3) is 5.91 Å². The van der Waals surface area contributed by atoms with Crippen LogP contribution in [0.3, 0.4) is 0 Å². The Kier molecular flexibility index (Phi) is 5.79. The quantitative estimate of drug-likeness (QED) is 0.700. The van der Waals surface area contributed by atoms with E-state index in [0.29, 0.717) is 42.6 Å². The molecule has 0 aromatic heterocycles. The highest BCUT2D eigenvalue weighted by molar-refractivity contribution is 7.92. The van der Waals surface area contributed by atoms with Gasteiger partial charge in [-0.25, -0.2) is 8.42 Å². The monoisotopic (exact) mass is 463 g/mol. The van der Waals surface area contributed by atoms with E-state index in [0.717, 1.165) is 23.1 Å². The van der Waals surface area contributed by atoms with E-state index in [1.165, 1.54) is 4.31 Å². The van der Waals surface area contributed by atoms with Crippen LogP contribution in [0.25, 0.3) is 0 Å². The van der Waals surface area contributed by atoms with Crippen LogP contribution in [-0.4, -0.2) is 64.3 Å². The first kappa shape index (κ1) is 21.8. The second-order valence-corrected chi connectivity index (χ2v) is 10.5. The third-order valence-corrected chi connectivity index (χ3v) is 7.14. The van der Waals surface area contributed by atoms with E-state index in [9.17, 15) is 13.2 Å². The molecule has 0 aliphatic carbocycles. The third-order valence-electron chi connectivity index (χ3n) is 5.76. The van der Waals surface area contributed by atoms with Crippen LogP contribution < -0.4 is 13.9 Å². The smallest absolute Gasteiger partial charge is 0.265 e. The van der Waals surface area contributed by atoms with Gasteiger partial charge in [-0.05, 0) is 49.2 Å². The zero-order valence-electron chi connectivity index (χ0n) is 17.8. The SMILES string of the molecule is Cc1ccc2c(c1)N(S(C)(=O)=O)CC(C(=O)N1CCN(c3cc(Cl)ccc3C)CC1)O2. The molecular weight excluding hydrogens is 438 g/mol. The van der Waals surface area contributed by atoms with Gasteiger partial charge in [0.2, 0.25) is 10.0 Å². The number of benzene rings is 2. The molecule has 31 heavy (non-hydrogen) atoms. The zero-order chi connectivity index (χ0) is 22.3. The van der Waals surface area contributed by atoms with Gasteiger partial charge in [-0.2, -0.15) is 0 Å². The summed E-state index contributed by atoms with van der Waals surface area (Å²) in [5, 5.41) is 0.685. The Bertz CT molecular complexity index is 1110. The lowest BCUT2D eigenvalue weighted by Crippen LogP contribution is -2.56. The van der Waals surface area contributed by atoms with Crippen molar-refractivity contribution in [2.45, 2.75) is 20.0 Å². The molecule has 4 rings (SSSR count). The number of anilines is 2. The summed E-state index contributed by atoms with van der Waals surface area (Å²) in [6, 6.07) is 11.1. The number of hydrogen-bond acceptors (Lipinski definition) is 5. The number of carbonyl (C=O) groups is 1.